The first-order chi connectivity index (χ1) is 20.3. The number of fused-ring (bicyclic) bond motifs is 4. The van der Waals surface area contributed by atoms with Gasteiger partial charge in [0, 0.05) is 24.6 Å². The third-order valence-corrected chi connectivity index (χ3v) is 11.1. The smallest absolute Gasteiger partial charge is 0.407 e. The number of piperidine rings is 1. The molecule has 9 atom stereocenters. The number of likely N-dealkylation sites (tertiary alicyclic amines) is 2. The summed E-state index contributed by atoms with van der Waals surface area (Å²) < 4.78 is 26.3. The van der Waals surface area contributed by atoms with Gasteiger partial charge in [0.1, 0.15) is 29.5 Å². The average Bonchev–Trinajstić information content (AvgIpc) is 3.31. The highest BCUT2D eigenvalue weighted by Crippen LogP contribution is 2.82. The van der Waals surface area contributed by atoms with E-state index in [2.05, 4.69) is 21.7 Å². The van der Waals surface area contributed by atoms with Crippen molar-refractivity contribution in [1.82, 2.24) is 20.1 Å². The number of aromatic nitrogens is 1. The number of amides is 4. The van der Waals surface area contributed by atoms with Gasteiger partial charge in [-0.05, 0) is 54.6 Å². The van der Waals surface area contributed by atoms with Crippen molar-refractivity contribution >= 4 is 29.5 Å². The van der Waals surface area contributed by atoms with E-state index in [4.69, 9.17) is 9.47 Å². The number of hydrogen-bond donors (Lipinski definition) is 2. The molecule has 2 N–H and O–H groups in total. The Bertz CT molecular complexity index is 1490. The van der Waals surface area contributed by atoms with Crippen molar-refractivity contribution in [1.29, 1.82) is 5.26 Å². The molecule has 6 aliphatic rings. The number of rotatable bonds is 3. The molecular weight excluding hydrogens is 559 g/mol. The first kappa shape index (κ1) is 27.9. The van der Waals surface area contributed by atoms with Gasteiger partial charge >= 0.3 is 6.09 Å². The van der Waals surface area contributed by atoms with E-state index in [-0.39, 0.29) is 49.6 Å². The molecule has 228 valence electrons. The van der Waals surface area contributed by atoms with Crippen molar-refractivity contribution in [3.05, 3.63) is 18.3 Å². The highest BCUT2D eigenvalue weighted by Gasteiger charge is 2.90. The van der Waals surface area contributed by atoms with E-state index in [1.807, 2.05) is 20.8 Å². The zero-order valence-corrected chi connectivity index (χ0v) is 24.6. The second kappa shape index (κ2) is 8.80. The average molecular weight is 595 g/mol. The lowest BCUT2D eigenvalue weighted by Crippen LogP contribution is -2.61. The van der Waals surface area contributed by atoms with Crippen LogP contribution in [0.25, 0.3) is 0 Å². The molecule has 3 aliphatic heterocycles. The SMILES string of the molecule is COC(=O)N[C@H](C(=O)N1C[C@@H]2[C@@H]3C[C@@H](F)[C@@H](C3)[C@@]23CC13C(=O)N1C[C@@]2(C[C@H]1C#N)Oc1ncccc1NC2=O)C(C)(C)C. The summed E-state index contributed by atoms with van der Waals surface area (Å²) in [5.41, 5.74) is -4.02. The van der Waals surface area contributed by atoms with Gasteiger partial charge in [-0.15, -0.1) is 0 Å². The maximum Gasteiger partial charge on any atom is 0.407 e. The third-order valence-electron chi connectivity index (χ3n) is 11.1. The predicted molar refractivity (Wildman–Crippen MR) is 147 cm³/mol. The quantitative estimate of drug-likeness (QED) is 0.539. The van der Waals surface area contributed by atoms with Crippen molar-refractivity contribution in [3.63, 3.8) is 0 Å². The van der Waals surface area contributed by atoms with Gasteiger partial charge in [-0.2, -0.15) is 5.26 Å². The summed E-state index contributed by atoms with van der Waals surface area (Å²) in [4.78, 5) is 62.1. The number of alkyl halides is 1. The van der Waals surface area contributed by atoms with Crippen LogP contribution < -0.4 is 15.4 Å². The van der Waals surface area contributed by atoms with E-state index in [9.17, 15) is 24.4 Å². The molecule has 43 heavy (non-hydrogen) atoms. The minimum absolute atomic E-state index is 0.0424. The van der Waals surface area contributed by atoms with E-state index < -0.39 is 64.0 Å². The number of carbonyl (C=O) groups is 4. The Morgan fingerprint density at radius 1 is 1.30 bits per heavy atom. The number of methoxy groups -OCH3 is 1. The minimum atomic E-state index is -1.54. The van der Waals surface area contributed by atoms with Crippen LogP contribution in [0, 0.1) is 39.9 Å². The molecule has 3 aliphatic carbocycles. The summed E-state index contributed by atoms with van der Waals surface area (Å²) >= 11 is 0. The summed E-state index contributed by atoms with van der Waals surface area (Å²) in [7, 11) is 1.21. The Labute approximate surface area is 248 Å². The van der Waals surface area contributed by atoms with Crippen LogP contribution in [0.4, 0.5) is 14.9 Å². The molecule has 4 heterocycles. The number of pyridine rings is 1. The van der Waals surface area contributed by atoms with E-state index in [0.29, 0.717) is 18.5 Å². The molecule has 0 radical (unpaired) electrons. The molecule has 4 amide bonds. The van der Waals surface area contributed by atoms with Crippen LogP contribution in [0.1, 0.15) is 46.5 Å². The van der Waals surface area contributed by atoms with Crippen LogP contribution in [-0.4, -0.2) is 88.2 Å². The van der Waals surface area contributed by atoms with E-state index in [1.54, 1.807) is 17.0 Å². The monoisotopic (exact) mass is 594 g/mol. The molecule has 3 saturated carbocycles. The maximum absolute atomic E-state index is 15.4. The van der Waals surface area contributed by atoms with Crippen LogP contribution in [0.3, 0.4) is 0 Å². The lowest BCUT2D eigenvalue weighted by Gasteiger charge is -2.39. The van der Waals surface area contributed by atoms with Crippen LogP contribution in [0.15, 0.2) is 18.3 Å². The summed E-state index contributed by atoms with van der Waals surface area (Å²) in [5, 5.41) is 15.7. The summed E-state index contributed by atoms with van der Waals surface area (Å²) in [6.45, 7) is 5.47. The Morgan fingerprint density at radius 3 is 2.77 bits per heavy atom. The molecule has 1 unspecified atom stereocenters. The van der Waals surface area contributed by atoms with Gasteiger partial charge in [-0.3, -0.25) is 14.4 Å². The lowest BCUT2D eigenvalue weighted by molar-refractivity contribution is -0.150. The van der Waals surface area contributed by atoms with Crippen LogP contribution in [0.2, 0.25) is 0 Å². The van der Waals surface area contributed by atoms with Crippen molar-refractivity contribution in [2.75, 3.05) is 25.5 Å². The number of anilines is 1. The number of nitriles is 1. The van der Waals surface area contributed by atoms with Crippen LogP contribution in [0.5, 0.6) is 5.88 Å². The number of ether oxygens (including phenoxy) is 2. The first-order valence-corrected chi connectivity index (χ1v) is 14.8. The highest BCUT2D eigenvalue weighted by molar-refractivity contribution is 6.03. The molecular formula is C30H35FN6O6. The van der Waals surface area contributed by atoms with Crippen molar-refractivity contribution in [2.45, 2.75) is 75.8 Å². The molecule has 13 heteroatoms. The summed E-state index contributed by atoms with van der Waals surface area (Å²) in [6, 6.07) is 3.44. The van der Waals surface area contributed by atoms with Gasteiger partial charge in [-0.1, -0.05) is 20.8 Å². The number of carbonyl (C=O) groups excluding carboxylic acids is 4. The van der Waals surface area contributed by atoms with Crippen LogP contribution >= 0.6 is 0 Å². The number of nitrogens with one attached hydrogen (secondary N) is 2. The molecule has 0 aromatic carbocycles. The predicted octanol–water partition coefficient (Wildman–Crippen LogP) is 2.01. The molecule has 12 nitrogen and oxygen atoms in total. The number of halogens is 1. The Hall–Kier alpha value is -3.95. The zero-order valence-electron chi connectivity index (χ0n) is 24.6. The number of alkyl carbamates (subject to hydrolysis) is 1. The van der Waals surface area contributed by atoms with Crippen molar-refractivity contribution in [2.24, 2.45) is 28.6 Å². The number of nitrogens with zero attached hydrogens (tertiary/aromatic N) is 4. The largest absolute Gasteiger partial charge is 0.457 e. The van der Waals surface area contributed by atoms with E-state index in [0.717, 1.165) is 0 Å². The Morgan fingerprint density at radius 2 is 2.07 bits per heavy atom. The fourth-order valence-corrected chi connectivity index (χ4v) is 9.21. The maximum atomic E-state index is 15.4. The molecule has 1 aromatic heterocycles. The Balaban J connectivity index is 1.27. The fourth-order valence-electron chi connectivity index (χ4n) is 9.21. The van der Waals surface area contributed by atoms with Gasteiger partial charge in [0.25, 0.3) is 5.91 Å². The van der Waals surface area contributed by atoms with Crippen molar-refractivity contribution < 1.29 is 33.0 Å². The third kappa shape index (κ3) is 3.49. The number of hydrogen-bond acceptors (Lipinski definition) is 8. The van der Waals surface area contributed by atoms with Crippen molar-refractivity contribution in [3.8, 4) is 11.9 Å². The molecule has 2 saturated heterocycles. The molecule has 1 aromatic rings. The lowest BCUT2D eigenvalue weighted by atomic mass is 9.75. The molecule has 2 spiro atoms. The highest BCUT2D eigenvalue weighted by atomic mass is 19.1. The molecule has 5 fully saturated rings. The summed E-state index contributed by atoms with van der Waals surface area (Å²) in [6.07, 6.45) is 0.933. The Kier molecular flexibility index (Phi) is 5.70. The van der Waals surface area contributed by atoms with Gasteiger partial charge < -0.3 is 29.9 Å². The summed E-state index contributed by atoms with van der Waals surface area (Å²) in [5.74, 6) is -1.61. The van der Waals surface area contributed by atoms with Gasteiger partial charge in [0.05, 0.1) is 19.7 Å². The molecule has 2 bridgehead atoms. The minimum Gasteiger partial charge on any atom is -0.457 e. The molecule has 7 rings (SSSR count). The zero-order chi connectivity index (χ0) is 30.7. The second-order valence-corrected chi connectivity index (χ2v) is 14.1. The normalized spacial score (nSPS) is 38.8. The van der Waals surface area contributed by atoms with Gasteiger partial charge in [0.15, 0.2) is 0 Å². The second-order valence-electron chi connectivity index (χ2n) is 14.1. The van der Waals surface area contributed by atoms with Gasteiger partial charge in [-0.25, -0.2) is 14.2 Å². The van der Waals surface area contributed by atoms with E-state index in [1.165, 1.54) is 18.2 Å². The van der Waals surface area contributed by atoms with Gasteiger partial charge in [0.2, 0.25) is 23.3 Å². The standard InChI is InChI=1S/C30H35FN6O6/c1-27(2,3)21(35-26(41)42-4)23(38)37-12-18-15-8-17(19(31)9-15)29(18)13-30(29,37)25(40)36-14-28(10-16(36)11-32)24(39)34-20-6-5-7-33-22(20)43-28/h5-7,15-19,21H,8-10,12-14H2,1-4H3,(H,34,39)(H,35,41)/t15-,16-,17+,18+,19+,21+,28+,29-,30?/m0/s1. The first-order valence-electron chi connectivity index (χ1n) is 14.8. The topological polar surface area (TPSA) is 154 Å². The van der Waals surface area contributed by atoms with Crippen LogP contribution in [-0.2, 0) is 19.1 Å². The van der Waals surface area contributed by atoms with E-state index >= 15 is 4.39 Å². The fraction of sp³-hybridized carbons (Fsp3) is 0.667.